The quantitative estimate of drug-likeness (QED) is 0.610. The van der Waals surface area contributed by atoms with Crippen molar-refractivity contribution in [1.29, 1.82) is 0 Å². The molecule has 1 unspecified atom stereocenters. The van der Waals surface area contributed by atoms with Crippen LogP contribution < -0.4 is 0 Å². The molecule has 3 nitrogen and oxygen atoms in total. The first kappa shape index (κ1) is 8.73. The molecule has 0 bridgehead atoms. The van der Waals surface area contributed by atoms with Gasteiger partial charge in [-0.2, -0.15) is 0 Å². The zero-order chi connectivity index (χ0) is 9.10. The van der Waals surface area contributed by atoms with E-state index in [0.717, 1.165) is 12.7 Å². The molecule has 1 fully saturated rings. The van der Waals surface area contributed by atoms with E-state index in [-0.39, 0.29) is 6.10 Å². The van der Waals surface area contributed by atoms with E-state index in [2.05, 4.69) is 5.16 Å². The molecular formula is C10H15NO2. The van der Waals surface area contributed by atoms with Crippen molar-refractivity contribution in [2.24, 2.45) is 11.1 Å². The van der Waals surface area contributed by atoms with Crippen molar-refractivity contribution in [3.63, 3.8) is 0 Å². The summed E-state index contributed by atoms with van der Waals surface area (Å²) in [6, 6.07) is 0. The van der Waals surface area contributed by atoms with Crippen LogP contribution in [0.1, 0.15) is 38.5 Å². The molecular weight excluding hydrogens is 166 g/mol. The summed E-state index contributed by atoms with van der Waals surface area (Å²) in [6.45, 7) is 0. The molecule has 0 spiro atoms. The highest BCUT2D eigenvalue weighted by atomic mass is 16.6. The average Bonchev–Trinajstić information content (AvgIpc) is 2.67. The number of hydrogen-bond donors (Lipinski definition) is 0. The Bertz CT molecular complexity index is 219. The SMILES string of the molecule is O=CC1=NOC(C2CCCCC2)C1. The molecule has 0 aromatic heterocycles. The summed E-state index contributed by atoms with van der Waals surface area (Å²) in [6.07, 6.45) is 8.18. The smallest absolute Gasteiger partial charge is 0.167 e. The Labute approximate surface area is 78.1 Å². The van der Waals surface area contributed by atoms with E-state index in [1.807, 2.05) is 0 Å². The Balaban J connectivity index is 1.86. The third kappa shape index (κ3) is 1.90. The molecule has 2 rings (SSSR count). The number of hydrogen-bond acceptors (Lipinski definition) is 3. The second kappa shape index (κ2) is 3.90. The third-order valence-corrected chi connectivity index (χ3v) is 3.03. The molecule has 0 aromatic rings. The van der Waals surface area contributed by atoms with Gasteiger partial charge in [-0.25, -0.2) is 0 Å². The van der Waals surface area contributed by atoms with Gasteiger partial charge in [-0.1, -0.05) is 24.4 Å². The van der Waals surface area contributed by atoms with E-state index in [1.54, 1.807) is 0 Å². The molecule has 1 atom stereocenters. The number of rotatable bonds is 2. The molecule has 2 aliphatic rings. The Morgan fingerprint density at radius 2 is 2.08 bits per heavy atom. The van der Waals surface area contributed by atoms with Gasteiger partial charge in [0, 0.05) is 6.42 Å². The summed E-state index contributed by atoms with van der Waals surface area (Å²) in [4.78, 5) is 15.7. The fourth-order valence-corrected chi connectivity index (χ4v) is 2.24. The van der Waals surface area contributed by atoms with Gasteiger partial charge in [0.25, 0.3) is 0 Å². The molecule has 0 amide bonds. The summed E-state index contributed by atoms with van der Waals surface area (Å²) in [7, 11) is 0. The Hall–Kier alpha value is -0.860. The van der Waals surface area contributed by atoms with E-state index >= 15 is 0 Å². The Morgan fingerprint density at radius 3 is 2.69 bits per heavy atom. The molecule has 0 aromatic carbocycles. The lowest BCUT2D eigenvalue weighted by molar-refractivity contribution is -0.102. The van der Waals surface area contributed by atoms with Crippen LogP contribution in [-0.2, 0) is 9.63 Å². The maximum Gasteiger partial charge on any atom is 0.167 e. The lowest BCUT2D eigenvalue weighted by atomic mass is 9.84. The van der Waals surface area contributed by atoms with Crippen molar-refractivity contribution in [1.82, 2.24) is 0 Å². The number of nitrogens with zero attached hydrogens (tertiary/aromatic N) is 1. The van der Waals surface area contributed by atoms with Crippen LogP contribution in [0.3, 0.4) is 0 Å². The lowest BCUT2D eigenvalue weighted by Gasteiger charge is -2.25. The molecule has 0 N–H and O–H groups in total. The molecule has 1 aliphatic carbocycles. The minimum atomic E-state index is 0.195. The minimum Gasteiger partial charge on any atom is -0.391 e. The summed E-state index contributed by atoms with van der Waals surface area (Å²) in [5, 5.41) is 3.76. The standard InChI is InChI=1S/C10H15NO2/c12-7-9-6-10(13-11-9)8-4-2-1-3-5-8/h7-8,10H,1-6H2. The van der Waals surface area contributed by atoms with E-state index in [0.29, 0.717) is 11.6 Å². The van der Waals surface area contributed by atoms with Gasteiger partial charge in [0.05, 0.1) is 0 Å². The average molecular weight is 181 g/mol. The highest BCUT2D eigenvalue weighted by Gasteiger charge is 2.30. The van der Waals surface area contributed by atoms with Gasteiger partial charge in [-0.15, -0.1) is 0 Å². The van der Waals surface area contributed by atoms with Crippen LogP contribution in [0.5, 0.6) is 0 Å². The summed E-state index contributed by atoms with van der Waals surface area (Å²) in [5.74, 6) is 0.634. The first-order valence-corrected chi connectivity index (χ1v) is 5.08. The van der Waals surface area contributed by atoms with Gasteiger partial charge in [-0.3, -0.25) is 4.79 Å². The number of oxime groups is 1. The van der Waals surface area contributed by atoms with Crippen LogP contribution in [0.15, 0.2) is 5.16 Å². The maximum atomic E-state index is 10.4. The summed E-state index contributed by atoms with van der Waals surface area (Å²) < 4.78 is 0. The van der Waals surface area contributed by atoms with E-state index < -0.39 is 0 Å². The first-order chi connectivity index (χ1) is 6.40. The largest absolute Gasteiger partial charge is 0.391 e. The molecule has 72 valence electrons. The van der Waals surface area contributed by atoms with E-state index in [4.69, 9.17) is 4.84 Å². The van der Waals surface area contributed by atoms with Gasteiger partial charge in [0.2, 0.25) is 0 Å². The van der Waals surface area contributed by atoms with Crippen LogP contribution in [0.4, 0.5) is 0 Å². The fraction of sp³-hybridized carbons (Fsp3) is 0.800. The Kier molecular flexibility index (Phi) is 2.62. The number of carbonyl (C=O) groups excluding carboxylic acids is 1. The highest BCUT2D eigenvalue weighted by molar-refractivity contribution is 6.28. The normalized spacial score (nSPS) is 29.5. The second-order valence-corrected chi connectivity index (χ2v) is 3.95. The topological polar surface area (TPSA) is 38.7 Å². The minimum absolute atomic E-state index is 0.195. The highest BCUT2D eigenvalue weighted by Crippen LogP contribution is 2.31. The van der Waals surface area contributed by atoms with Gasteiger partial charge in [0.15, 0.2) is 6.29 Å². The van der Waals surface area contributed by atoms with Crippen molar-refractivity contribution < 1.29 is 9.63 Å². The van der Waals surface area contributed by atoms with Gasteiger partial charge in [0.1, 0.15) is 11.8 Å². The van der Waals surface area contributed by atoms with Gasteiger partial charge in [-0.05, 0) is 18.8 Å². The molecule has 0 radical (unpaired) electrons. The number of carbonyl (C=O) groups is 1. The summed E-state index contributed by atoms with van der Waals surface area (Å²) in [5.41, 5.74) is 0.579. The summed E-state index contributed by atoms with van der Waals surface area (Å²) >= 11 is 0. The molecule has 1 heterocycles. The van der Waals surface area contributed by atoms with Crippen LogP contribution in [-0.4, -0.2) is 18.1 Å². The zero-order valence-electron chi connectivity index (χ0n) is 7.74. The predicted molar refractivity (Wildman–Crippen MR) is 49.6 cm³/mol. The van der Waals surface area contributed by atoms with Crippen LogP contribution in [0.2, 0.25) is 0 Å². The van der Waals surface area contributed by atoms with Crippen molar-refractivity contribution in [3.05, 3.63) is 0 Å². The number of aldehydes is 1. The maximum absolute atomic E-state index is 10.4. The van der Waals surface area contributed by atoms with Crippen LogP contribution >= 0.6 is 0 Å². The fourth-order valence-electron chi connectivity index (χ4n) is 2.24. The molecule has 3 heteroatoms. The van der Waals surface area contributed by atoms with Crippen LogP contribution in [0.25, 0.3) is 0 Å². The van der Waals surface area contributed by atoms with Crippen molar-refractivity contribution in [3.8, 4) is 0 Å². The molecule has 0 saturated heterocycles. The van der Waals surface area contributed by atoms with Crippen molar-refractivity contribution in [2.45, 2.75) is 44.6 Å². The second-order valence-electron chi connectivity index (χ2n) is 3.95. The van der Waals surface area contributed by atoms with E-state index in [1.165, 1.54) is 32.1 Å². The molecule has 1 aliphatic heterocycles. The lowest BCUT2D eigenvalue weighted by Crippen LogP contribution is -2.23. The van der Waals surface area contributed by atoms with Crippen molar-refractivity contribution >= 4 is 12.0 Å². The predicted octanol–water partition coefficient (Wildman–Crippen LogP) is 1.91. The molecule has 13 heavy (non-hydrogen) atoms. The monoisotopic (exact) mass is 181 g/mol. The van der Waals surface area contributed by atoms with Crippen LogP contribution in [0, 0.1) is 5.92 Å². The first-order valence-electron chi connectivity index (χ1n) is 5.08. The molecule has 1 saturated carbocycles. The third-order valence-electron chi connectivity index (χ3n) is 3.03. The zero-order valence-corrected chi connectivity index (χ0v) is 7.74. The Morgan fingerprint density at radius 1 is 1.31 bits per heavy atom. The van der Waals surface area contributed by atoms with Gasteiger partial charge < -0.3 is 4.84 Å². The van der Waals surface area contributed by atoms with Crippen molar-refractivity contribution in [2.75, 3.05) is 0 Å². The van der Waals surface area contributed by atoms with E-state index in [9.17, 15) is 4.79 Å². The van der Waals surface area contributed by atoms with Gasteiger partial charge >= 0.3 is 0 Å².